The van der Waals surface area contributed by atoms with E-state index in [4.69, 9.17) is 27.3 Å². The van der Waals surface area contributed by atoms with Crippen molar-refractivity contribution in [1.29, 1.82) is 0 Å². The fourth-order valence-electron chi connectivity index (χ4n) is 4.62. The highest BCUT2D eigenvalue weighted by Crippen LogP contribution is 2.40. The van der Waals surface area contributed by atoms with Crippen molar-refractivity contribution in [3.8, 4) is 0 Å². The second kappa shape index (κ2) is 12.3. The zero-order valence-corrected chi connectivity index (χ0v) is 22.9. The summed E-state index contributed by atoms with van der Waals surface area (Å²) in [6, 6.07) is 7.25. The van der Waals surface area contributed by atoms with Crippen LogP contribution in [0.15, 0.2) is 45.5 Å². The molecule has 0 saturated carbocycles. The number of nitrogens with two attached hydrogens (primary N) is 1. The van der Waals surface area contributed by atoms with E-state index >= 15 is 0 Å². The highest BCUT2D eigenvalue weighted by Gasteiger charge is 2.32. The minimum Gasteiger partial charge on any atom is -0.366 e. The van der Waals surface area contributed by atoms with Gasteiger partial charge in [0.15, 0.2) is 5.82 Å². The molecule has 1 aromatic heterocycles. The molecule has 8 heteroatoms. The van der Waals surface area contributed by atoms with E-state index in [1.807, 2.05) is 26.0 Å². The summed E-state index contributed by atoms with van der Waals surface area (Å²) in [6.07, 6.45) is 6.20. The lowest BCUT2D eigenvalue weighted by Crippen LogP contribution is -2.31. The first kappa shape index (κ1) is 28.3. The second-order valence-electron chi connectivity index (χ2n) is 10.2. The van der Waals surface area contributed by atoms with Crippen molar-refractivity contribution in [2.45, 2.75) is 66.2 Å². The number of nitrogens with one attached hydrogen (secondary N) is 1. The van der Waals surface area contributed by atoms with Gasteiger partial charge in [0, 0.05) is 23.9 Å². The number of pyridine rings is 1. The third-order valence-corrected chi connectivity index (χ3v) is 7.10. The minimum absolute atomic E-state index is 0.0752. The van der Waals surface area contributed by atoms with Crippen molar-refractivity contribution in [2.75, 3.05) is 6.54 Å². The number of primary amides is 1. The molecule has 196 valence electrons. The van der Waals surface area contributed by atoms with E-state index < -0.39 is 5.91 Å². The van der Waals surface area contributed by atoms with Crippen LogP contribution in [0, 0.1) is 5.41 Å². The van der Waals surface area contributed by atoms with Crippen LogP contribution in [0.25, 0.3) is 0 Å². The minimum atomic E-state index is -0.439. The Morgan fingerprint density at radius 3 is 2.57 bits per heavy atom. The van der Waals surface area contributed by atoms with Crippen LogP contribution in [0.2, 0.25) is 0 Å². The van der Waals surface area contributed by atoms with Crippen molar-refractivity contribution in [2.24, 2.45) is 21.1 Å². The monoisotopic (exact) mass is 521 g/mol. The van der Waals surface area contributed by atoms with Crippen molar-refractivity contribution in [3.63, 3.8) is 0 Å². The molecule has 0 bridgehead atoms. The van der Waals surface area contributed by atoms with Crippen molar-refractivity contribution in [3.05, 3.63) is 69.0 Å². The molecule has 1 aromatic carbocycles. The standard InChI is InChI=1S/C29H36ClN5O2/c1-6-24-25(28(37)33-15-7-8-19-9-11-20(12-10-19)26(31)36)22-16-29(3,4)14-13-21(22)27(35-24)34-18(2)23(30)17-32-5/h9-12,17H,5-8,13-16H2,1-4H3,(H2,31,36)(H,33,37)/b23-17+,34-18?. The first-order chi connectivity index (χ1) is 17.6. The molecular formula is C29H36ClN5O2. The summed E-state index contributed by atoms with van der Waals surface area (Å²) in [4.78, 5) is 38.0. The number of fused-ring (bicyclic) bond motifs is 1. The Morgan fingerprint density at radius 2 is 1.95 bits per heavy atom. The number of carbonyl (C=O) groups excluding carboxylic acids is 2. The van der Waals surface area contributed by atoms with Crippen LogP contribution in [0.5, 0.6) is 0 Å². The van der Waals surface area contributed by atoms with Crippen molar-refractivity contribution < 1.29 is 9.59 Å². The van der Waals surface area contributed by atoms with Gasteiger partial charge in [-0.05, 0) is 80.8 Å². The third-order valence-electron chi connectivity index (χ3n) is 6.72. The molecule has 1 aliphatic rings. The molecule has 3 rings (SSSR count). The fraction of sp³-hybridized carbons (Fsp3) is 0.414. The van der Waals surface area contributed by atoms with Crippen molar-refractivity contribution >= 4 is 41.7 Å². The molecule has 0 atom stereocenters. The summed E-state index contributed by atoms with van der Waals surface area (Å²) in [5.41, 5.74) is 11.1. The van der Waals surface area contributed by atoms with E-state index in [0.29, 0.717) is 40.7 Å². The topological polar surface area (TPSA) is 110 Å². The zero-order chi connectivity index (χ0) is 27.2. The Kier molecular flexibility index (Phi) is 9.38. The molecule has 0 fully saturated rings. The maximum atomic E-state index is 13.5. The van der Waals surface area contributed by atoms with Crippen LogP contribution in [0.4, 0.5) is 5.82 Å². The lowest BCUT2D eigenvalue weighted by atomic mass is 9.73. The van der Waals surface area contributed by atoms with Crippen LogP contribution in [0.3, 0.4) is 0 Å². The van der Waals surface area contributed by atoms with Gasteiger partial charge in [0.1, 0.15) is 0 Å². The predicted molar refractivity (Wildman–Crippen MR) is 151 cm³/mol. The number of aromatic nitrogens is 1. The van der Waals surface area contributed by atoms with Crippen LogP contribution in [-0.2, 0) is 25.7 Å². The molecule has 0 spiro atoms. The molecule has 3 N–H and O–H groups in total. The zero-order valence-electron chi connectivity index (χ0n) is 22.2. The third kappa shape index (κ3) is 7.13. The van der Waals surface area contributed by atoms with Crippen molar-refractivity contribution in [1.82, 2.24) is 10.3 Å². The summed E-state index contributed by atoms with van der Waals surface area (Å²) in [6.45, 7) is 12.3. The molecule has 1 aliphatic carbocycles. The van der Waals surface area contributed by atoms with Crippen LogP contribution < -0.4 is 11.1 Å². The van der Waals surface area contributed by atoms with E-state index in [1.165, 1.54) is 6.20 Å². The Morgan fingerprint density at radius 1 is 1.24 bits per heavy atom. The van der Waals surface area contributed by atoms with Gasteiger partial charge >= 0.3 is 0 Å². The summed E-state index contributed by atoms with van der Waals surface area (Å²) < 4.78 is 0. The van der Waals surface area contributed by atoms with Gasteiger partial charge in [-0.1, -0.05) is 44.5 Å². The number of halogens is 1. The second-order valence-corrected chi connectivity index (χ2v) is 10.6. The van der Waals surface area contributed by atoms with E-state index in [0.717, 1.165) is 54.5 Å². The number of amides is 2. The number of carbonyl (C=O) groups is 2. The average Bonchev–Trinajstić information content (AvgIpc) is 2.85. The van der Waals surface area contributed by atoms with Gasteiger partial charge in [-0.3, -0.25) is 14.6 Å². The SMILES string of the molecule is C=N/C=C(/Cl)C(C)=Nc1nc(CC)c(C(=O)NCCCc2ccc(C(N)=O)cc2)c2c1CCC(C)(C)C2. The Hall–Kier alpha value is -3.32. The van der Waals surface area contributed by atoms with Gasteiger partial charge in [0.25, 0.3) is 5.91 Å². The van der Waals surface area contributed by atoms with Crippen LogP contribution in [-0.4, -0.2) is 35.8 Å². The molecule has 2 amide bonds. The van der Waals surface area contributed by atoms with E-state index in [1.54, 1.807) is 12.1 Å². The fourth-order valence-corrected chi connectivity index (χ4v) is 4.73. The summed E-state index contributed by atoms with van der Waals surface area (Å²) in [5, 5.41) is 3.52. The summed E-state index contributed by atoms with van der Waals surface area (Å²) >= 11 is 6.29. The van der Waals surface area contributed by atoms with Crippen LogP contribution in [0.1, 0.15) is 83.6 Å². The maximum Gasteiger partial charge on any atom is 0.253 e. The van der Waals surface area contributed by atoms with Gasteiger partial charge in [-0.15, -0.1) is 0 Å². The Labute approximate surface area is 224 Å². The number of hydrogen-bond acceptors (Lipinski definition) is 5. The van der Waals surface area contributed by atoms with Gasteiger partial charge in [-0.25, -0.2) is 9.98 Å². The number of allylic oxidation sites excluding steroid dienone is 1. The normalized spacial score (nSPS) is 15.2. The Bertz CT molecular complexity index is 1250. The molecule has 1 heterocycles. The van der Waals surface area contributed by atoms with E-state index in [9.17, 15) is 9.59 Å². The van der Waals surface area contributed by atoms with E-state index in [2.05, 4.69) is 30.9 Å². The average molecular weight is 522 g/mol. The first-order valence-electron chi connectivity index (χ1n) is 12.6. The number of aryl methyl sites for hydroxylation is 2. The molecule has 7 nitrogen and oxygen atoms in total. The van der Waals surface area contributed by atoms with Gasteiger partial charge < -0.3 is 11.1 Å². The van der Waals surface area contributed by atoms with Crippen LogP contribution >= 0.6 is 11.6 Å². The lowest BCUT2D eigenvalue weighted by molar-refractivity contribution is 0.0948. The quantitative estimate of drug-likeness (QED) is 0.318. The number of rotatable bonds is 10. The summed E-state index contributed by atoms with van der Waals surface area (Å²) in [7, 11) is 0. The molecule has 0 aliphatic heterocycles. The molecule has 0 unspecified atom stereocenters. The first-order valence-corrected chi connectivity index (χ1v) is 13.0. The molecule has 0 saturated heterocycles. The van der Waals surface area contributed by atoms with Gasteiger partial charge in [-0.2, -0.15) is 0 Å². The molecule has 0 radical (unpaired) electrons. The summed E-state index contributed by atoms with van der Waals surface area (Å²) in [5.74, 6) is 0.0979. The smallest absolute Gasteiger partial charge is 0.253 e. The number of hydrogen-bond donors (Lipinski definition) is 2. The molecule has 2 aromatic rings. The van der Waals surface area contributed by atoms with E-state index in [-0.39, 0.29) is 11.3 Å². The maximum absolute atomic E-state index is 13.5. The molecule has 37 heavy (non-hydrogen) atoms. The lowest BCUT2D eigenvalue weighted by Gasteiger charge is -2.33. The number of benzene rings is 1. The predicted octanol–water partition coefficient (Wildman–Crippen LogP) is 5.49. The van der Waals surface area contributed by atoms with Gasteiger partial charge in [0.2, 0.25) is 5.91 Å². The molecular weight excluding hydrogens is 486 g/mol. The number of nitrogens with zero attached hydrogens (tertiary/aromatic N) is 3. The Balaban J connectivity index is 1.85. The van der Waals surface area contributed by atoms with Gasteiger partial charge in [0.05, 0.1) is 22.0 Å². The largest absolute Gasteiger partial charge is 0.366 e. The number of aliphatic imine (C=N–C) groups is 2. The highest BCUT2D eigenvalue weighted by atomic mass is 35.5. The highest BCUT2D eigenvalue weighted by molar-refractivity contribution is 6.43.